The summed E-state index contributed by atoms with van der Waals surface area (Å²) in [6.07, 6.45) is 0.539. The summed E-state index contributed by atoms with van der Waals surface area (Å²) in [6, 6.07) is 9.25. The van der Waals surface area contributed by atoms with Crippen LogP contribution in [0.15, 0.2) is 30.3 Å². The van der Waals surface area contributed by atoms with Crippen molar-refractivity contribution in [2.45, 2.75) is 12.8 Å². The van der Waals surface area contributed by atoms with E-state index in [4.69, 9.17) is 16.7 Å². The van der Waals surface area contributed by atoms with Crippen LogP contribution in [0, 0.1) is 0 Å². The number of rotatable bonds is 3. The van der Waals surface area contributed by atoms with E-state index in [0.717, 1.165) is 16.6 Å². The first-order valence-electron chi connectivity index (χ1n) is 4.92. The molecule has 0 unspecified atom stereocenters. The fourth-order valence-corrected chi connectivity index (χ4v) is 1.67. The third-order valence-electron chi connectivity index (χ3n) is 2.31. The quantitative estimate of drug-likeness (QED) is 0.890. The molecule has 2 rings (SSSR count). The van der Waals surface area contributed by atoms with Crippen molar-refractivity contribution < 1.29 is 9.90 Å². The number of hydrogen-bond acceptors (Lipinski definition) is 2. The normalized spacial score (nSPS) is 10.6. The number of carboxylic acid groups (broad SMARTS) is 1. The van der Waals surface area contributed by atoms with Gasteiger partial charge in [0.1, 0.15) is 0 Å². The zero-order valence-corrected chi connectivity index (χ0v) is 9.24. The maximum absolute atomic E-state index is 10.4. The van der Waals surface area contributed by atoms with Crippen LogP contribution in [0.3, 0.4) is 0 Å². The Morgan fingerprint density at radius 3 is 2.81 bits per heavy atom. The highest BCUT2D eigenvalue weighted by molar-refractivity contribution is 6.31. The number of halogens is 1. The maximum atomic E-state index is 10.4. The first-order valence-corrected chi connectivity index (χ1v) is 5.30. The van der Waals surface area contributed by atoms with Crippen LogP contribution in [-0.2, 0) is 11.2 Å². The first-order chi connectivity index (χ1) is 7.65. The number of hydrogen-bond donors (Lipinski definition) is 1. The Kier molecular flexibility index (Phi) is 3.06. The van der Waals surface area contributed by atoms with Gasteiger partial charge in [-0.15, -0.1) is 0 Å². The smallest absolute Gasteiger partial charge is 0.303 e. The van der Waals surface area contributed by atoms with Crippen molar-refractivity contribution in [3.63, 3.8) is 0 Å². The van der Waals surface area contributed by atoms with E-state index < -0.39 is 5.97 Å². The van der Waals surface area contributed by atoms with E-state index in [1.807, 2.05) is 24.3 Å². The lowest BCUT2D eigenvalue weighted by Gasteiger charge is -2.01. The van der Waals surface area contributed by atoms with Gasteiger partial charge in [-0.1, -0.05) is 23.7 Å². The molecule has 0 bridgehead atoms. The van der Waals surface area contributed by atoms with Crippen LogP contribution >= 0.6 is 11.6 Å². The number of aryl methyl sites for hydroxylation is 1. The Bertz CT molecular complexity index is 540. The van der Waals surface area contributed by atoms with Crippen LogP contribution in [0.25, 0.3) is 10.9 Å². The van der Waals surface area contributed by atoms with Gasteiger partial charge >= 0.3 is 5.97 Å². The Balaban J connectivity index is 2.31. The Morgan fingerprint density at radius 1 is 1.31 bits per heavy atom. The lowest BCUT2D eigenvalue weighted by Crippen LogP contribution is -1.99. The van der Waals surface area contributed by atoms with Gasteiger partial charge in [0.05, 0.1) is 11.9 Å². The molecular formula is C12H10ClNO2. The van der Waals surface area contributed by atoms with Crippen LogP contribution in [0.2, 0.25) is 5.02 Å². The Morgan fingerprint density at radius 2 is 2.06 bits per heavy atom. The van der Waals surface area contributed by atoms with Gasteiger partial charge in [-0.3, -0.25) is 9.78 Å². The zero-order valence-electron chi connectivity index (χ0n) is 8.48. The van der Waals surface area contributed by atoms with E-state index in [1.54, 1.807) is 6.07 Å². The summed E-state index contributed by atoms with van der Waals surface area (Å²) in [7, 11) is 0. The van der Waals surface area contributed by atoms with Crippen LogP contribution in [-0.4, -0.2) is 16.1 Å². The summed E-state index contributed by atoms with van der Waals surface area (Å²) in [5.41, 5.74) is 1.58. The molecule has 1 heterocycles. The average Bonchev–Trinajstić information content (AvgIpc) is 2.25. The van der Waals surface area contributed by atoms with Crippen molar-refractivity contribution in [3.05, 3.63) is 41.0 Å². The minimum Gasteiger partial charge on any atom is -0.481 e. The SMILES string of the molecule is O=C(O)CCc1ccc2ccc(Cl)cc2n1. The van der Waals surface area contributed by atoms with Gasteiger partial charge in [0, 0.05) is 22.5 Å². The van der Waals surface area contributed by atoms with Gasteiger partial charge in [-0.25, -0.2) is 0 Å². The first kappa shape index (κ1) is 10.9. The second kappa shape index (κ2) is 4.49. The molecule has 2 aromatic rings. The molecule has 0 spiro atoms. The third-order valence-corrected chi connectivity index (χ3v) is 2.54. The van der Waals surface area contributed by atoms with Crippen molar-refractivity contribution in [3.8, 4) is 0 Å². The summed E-state index contributed by atoms with van der Waals surface area (Å²) in [6.45, 7) is 0. The predicted molar refractivity (Wildman–Crippen MR) is 62.7 cm³/mol. The lowest BCUT2D eigenvalue weighted by molar-refractivity contribution is -0.136. The van der Waals surface area contributed by atoms with Crippen molar-refractivity contribution in [1.29, 1.82) is 0 Å². The van der Waals surface area contributed by atoms with Crippen molar-refractivity contribution in [1.82, 2.24) is 4.98 Å². The van der Waals surface area contributed by atoms with Gasteiger partial charge < -0.3 is 5.11 Å². The predicted octanol–water partition coefficient (Wildman–Crippen LogP) is 2.91. The summed E-state index contributed by atoms with van der Waals surface area (Å²) in [5, 5.41) is 10.2. The number of pyridine rings is 1. The number of carbonyl (C=O) groups is 1. The molecule has 1 aromatic heterocycles. The van der Waals surface area contributed by atoms with E-state index in [1.165, 1.54) is 0 Å². The molecule has 0 atom stereocenters. The molecule has 16 heavy (non-hydrogen) atoms. The minimum atomic E-state index is -0.812. The molecule has 1 N–H and O–H groups in total. The molecule has 0 amide bonds. The highest BCUT2D eigenvalue weighted by Gasteiger charge is 2.02. The summed E-state index contributed by atoms with van der Waals surface area (Å²) in [5.74, 6) is -0.812. The van der Waals surface area contributed by atoms with Crippen LogP contribution < -0.4 is 0 Å². The summed E-state index contributed by atoms with van der Waals surface area (Å²) < 4.78 is 0. The molecule has 0 aliphatic rings. The van der Waals surface area contributed by atoms with Crippen molar-refractivity contribution in [2.75, 3.05) is 0 Å². The van der Waals surface area contributed by atoms with Gasteiger partial charge in [0.2, 0.25) is 0 Å². The molecule has 0 saturated heterocycles. The highest BCUT2D eigenvalue weighted by Crippen LogP contribution is 2.18. The molecule has 4 heteroatoms. The summed E-state index contributed by atoms with van der Waals surface area (Å²) in [4.78, 5) is 14.8. The number of nitrogens with zero attached hydrogens (tertiary/aromatic N) is 1. The Hall–Kier alpha value is -1.61. The van der Waals surface area contributed by atoms with Gasteiger partial charge in [0.15, 0.2) is 0 Å². The average molecular weight is 236 g/mol. The monoisotopic (exact) mass is 235 g/mol. The lowest BCUT2D eigenvalue weighted by atomic mass is 10.1. The molecule has 0 fully saturated rings. The number of benzene rings is 1. The van der Waals surface area contributed by atoms with Crippen LogP contribution in [0.1, 0.15) is 12.1 Å². The second-order valence-corrected chi connectivity index (χ2v) is 3.97. The van der Waals surface area contributed by atoms with Crippen LogP contribution in [0.4, 0.5) is 0 Å². The molecular weight excluding hydrogens is 226 g/mol. The number of aliphatic carboxylic acids is 1. The number of carboxylic acids is 1. The van der Waals surface area contributed by atoms with E-state index in [2.05, 4.69) is 4.98 Å². The van der Waals surface area contributed by atoms with Gasteiger partial charge in [-0.2, -0.15) is 0 Å². The molecule has 0 aliphatic carbocycles. The largest absolute Gasteiger partial charge is 0.481 e. The number of fused-ring (bicyclic) bond motifs is 1. The summed E-state index contributed by atoms with van der Waals surface area (Å²) >= 11 is 5.86. The maximum Gasteiger partial charge on any atom is 0.303 e. The topological polar surface area (TPSA) is 50.2 Å². The van der Waals surface area contributed by atoms with E-state index >= 15 is 0 Å². The molecule has 0 aliphatic heterocycles. The van der Waals surface area contributed by atoms with E-state index in [9.17, 15) is 4.79 Å². The van der Waals surface area contributed by atoms with E-state index in [0.29, 0.717) is 11.4 Å². The molecule has 0 radical (unpaired) electrons. The fraction of sp³-hybridized carbons (Fsp3) is 0.167. The zero-order chi connectivity index (χ0) is 11.5. The number of aromatic nitrogens is 1. The van der Waals surface area contributed by atoms with E-state index in [-0.39, 0.29) is 6.42 Å². The Labute approximate surface area is 97.7 Å². The minimum absolute atomic E-state index is 0.0963. The van der Waals surface area contributed by atoms with Crippen LogP contribution in [0.5, 0.6) is 0 Å². The molecule has 1 aromatic carbocycles. The molecule has 0 saturated carbocycles. The van der Waals surface area contributed by atoms with Gasteiger partial charge in [-0.05, 0) is 18.2 Å². The van der Waals surface area contributed by atoms with Crippen molar-refractivity contribution >= 4 is 28.5 Å². The molecule has 3 nitrogen and oxygen atoms in total. The van der Waals surface area contributed by atoms with Gasteiger partial charge in [0.25, 0.3) is 0 Å². The fourth-order valence-electron chi connectivity index (χ4n) is 1.51. The standard InChI is InChI=1S/C12H10ClNO2/c13-9-3-1-8-2-4-10(5-6-12(15)16)14-11(8)7-9/h1-4,7H,5-6H2,(H,15,16). The molecule has 82 valence electrons. The third kappa shape index (κ3) is 2.49. The highest BCUT2D eigenvalue weighted by atomic mass is 35.5. The second-order valence-electron chi connectivity index (χ2n) is 3.53. The van der Waals surface area contributed by atoms with Crippen molar-refractivity contribution in [2.24, 2.45) is 0 Å².